The van der Waals surface area contributed by atoms with Gasteiger partial charge in [-0.15, -0.1) is 0 Å². The van der Waals surface area contributed by atoms with Gasteiger partial charge in [0.25, 0.3) is 0 Å². The third-order valence-corrected chi connectivity index (χ3v) is 5.47. The van der Waals surface area contributed by atoms with Crippen molar-refractivity contribution in [1.29, 1.82) is 0 Å². The Morgan fingerprint density at radius 2 is 2.13 bits per heavy atom. The van der Waals surface area contributed by atoms with Crippen molar-refractivity contribution in [3.05, 3.63) is 22.8 Å². The second-order valence-corrected chi connectivity index (χ2v) is 7.55. The molecule has 1 amide bonds. The van der Waals surface area contributed by atoms with Crippen molar-refractivity contribution in [3.8, 4) is 0 Å². The molecule has 3 rings (SSSR count). The largest absolute Gasteiger partial charge is 0.417 e. The molecule has 4 nitrogen and oxygen atoms in total. The molecule has 1 saturated heterocycles. The van der Waals surface area contributed by atoms with E-state index in [1.165, 1.54) is 0 Å². The molecule has 2 N–H and O–H groups in total. The Labute approximate surface area is 136 Å². The molecule has 1 aromatic heterocycles. The zero-order valence-corrected chi connectivity index (χ0v) is 13.5. The number of pyridine rings is 1. The van der Waals surface area contributed by atoms with Crippen molar-refractivity contribution in [2.45, 2.75) is 26.4 Å². The maximum Gasteiger partial charge on any atom is 0.417 e. The fraction of sp³-hybridized carbons (Fsp3) is 0.600. The average Bonchev–Trinajstić information content (AvgIpc) is 2.73. The fourth-order valence-electron chi connectivity index (χ4n) is 4.21. The molecule has 0 unspecified atom stereocenters. The molecule has 2 atom stereocenters. The van der Waals surface area contributed by atoms with Crippen LogP contribution in [-0.4, -0.2) is 24.0 Å². The van der Waals surface area contributed by atoms with Crippen LogP contribution in [0.15, 0.2) is 12.3 Å². The zero-order valence-electron chi connectivity index (χ0n) is 12.7. The van der Waals surface area contributed by atoms with Crippen molar-refractivity contribution in [2.75, 3.05) is 18.0 Å². The lowest BCUT2D eigenvalue weighted by atomic mass is 9.48. The van der Waals surface area contributed by atoms with Crippen LogP contribution < -0.4 is 10.6 Å². The Morgan fingerprint density at radius 1 is 1.48 bits per heavy atom. The van der Waals surface area contributed by atoms with E-state index < -0.39 is 17.2 Å². The number of rotatable bonds is 2. The number of amides is 1. The van der Waals surface area contributed by atoms with Gasteiger partial charge in [-0.3, -0.25) is 4.79 Å². The normalized spacial score (nSPS) is 29.1. The monoisotopic (exact) mass is 347 g/mol. The molecule has 0 bridgehead atoms. The van der Waals surface area contributed by atoms with E-state index in [-0.39, 0.29) is 28.1 Å². The third-order valence-electron chi connectivity index (χ3n) is 5.20. The summed E-state index contributed by atoms with van der Waals surface area (Å²) in [5.74, 6) is -0.0505. The number of carbonyl (C=O) groups is 1. The van der Waals surface area contributed by atoms with Crippen LogP contribution in [0, 0.1) is 16.7 Å². The topological polar surface area (TPSA) is 59.2 Å². The van der Waals surface area contributed by atoms with Crippen molar-refractivity contribution in [1.82, 2.24) is 4.98 Å². The van der Waals surface area contributed by atoms with Gasteiger partial charge >= 0.3 is 6.18 Å². The quantitative estimate of drug-likeness (QED) is 0.894. The number of anilines is 1. The molecule has 0 radical (unpaired) electrons. The minimum Gasteiger partial charge on any atom is -0.369 e. The lowest BCUT2D eigenvalue weighted by Crippen LogP contribution is -2.59. The molecule has 0 aromatic carbocycles. The Bertz CT molecular complexity index is 676. The lowest BCUT2D eigenvalue weighted by Gasteiger charge is -2.54. The first-order valence-corrected chi connectivity index (χ1v) is 7.63. The summed E-state index contributed by atoms with van der Waals surface area (Å²) in [5, 5.41) is -0.0708. The van der Waals surface area contributed by atoms with E-state index in [2.05, 4.69) is 18.8 Å². The van der Waals surface area contributed by atoms with Crippen LogP contribution in [0.5, 0.6) is 0 Å². The minimum atomic E-state index is -4.49. The van der Waals surface area contributed by atoms with Gasteiger partial charge in [0.15, 0.2) is 0 Å². The smallest absolute Gasteiger partial charge is 0.369 e. The number of hydrogen-bond acceptors (Lipinski definition) is 3. The standard InChI is InChI=1S/C15H17ClF3N3O/c1-13(2)6-14(12(20)23)7-22(5-10(13)14)11-9(16)3-8(4-21-11)15(17,18)19/h3-4,10H,5-7H2,1-2H3,(H2,20,23)/t10-,14+/m1/s1. The average molecular weight is 348 g/mol. The van der Waals surface area contributed by atoms with Crippen LogP contribution in [0.4, 0.5) is 19.0 Å². The van der Waals surface area contributed by atoms with Crippen molar-refractivity contribution in [2.24, 2.45) is 22.5 Å². The second kappa shape index (κ2) is 4.75. The molecular weight excluding hydrogens is 331 g/mol. The molecule has 2 fully saturated rings. The van der Waals surface area contributed by atoms with Gasteiger partial charge in [-0.05, 0) is 23.8 Å². The van der Waals surface area contributed by atoms with Gasteiger partial charge in [0.2, 0.25) is 5.91 Å². The number of halogens is 4. The summed E-state index contributed by atoms with van der Waals surface area (Å²) < 4.78 is 38.1. The summed E-state index contributed by atoms with van der Waals surface area (Å²) >= 11 is 6.01. The Balaban J connectivity index is 1.91. The van der Waals surface area contributed by atoms with E-state index in [9.17, 15) is 18.0 Å². The molecule has 23 heavy (non-hydrogen) atoms. The van der Waals surface area contributed by atoms with Crippen LogP contribution in [0.3, 0.4) is 0 Å². The second-order valence-electron chi connectivity index (χ2n) is 7.15. The number of nitrogens with zero attached hydrogens (tertiary/aromatic N) is 2. The highest BCUT2D eigenvalue weighted by Gasteiger charge is 2.66. The van der Waals surface area contributed by atoms with E-state index in [1.807, 2.05) is 0 Å². The first-order valence-electron chi connectivity index (χ1n) is 7.25. The van der Waals surface area contributed by atoms with Gasteiger partial charge in [-0.2, -0.15) is 13.2 Å². The van der Waals surface area contributed by atoms with E-state index in [4.69, 9.17) is 17.3 Å². The highest BCUT2D eigenvalue weighted by atomic mass is 35.5. The molecule has 1 aliphatic heterocycles. The molecule has 2 heterocycles. The first kappa shape index (κ1) is 16.4. The molecule has 8 heteroatoms. The summed E-state index contributed by atoms with van der Waals surface area (Å²) in [5.41, 5.74) is 4.01. The first-order chi connectivity index (χ1) is 10.5. The van der Waals surface area contributed by atoms with Crippen LogP contribution in [0.2, 0.25) is 5.02 Å². The Hall–Kier alpha value is -1.50. The van der Waals surface area contributed by atoms with Gasteiger partial charge in [-0.25, -0.2) is 4.98 Å². The van der Waals surface area contributed by atoms with E-state index in [0.717, 1.165) is 12.3 Å². The van der Waals surface area contributed by atoms with Gasteiger partial charge < -0.3 is 10.6 Å². The summed E-state index contributed by atoms with van der Waals surface area (Å²) in [6.45, 7) is 4.97. The highest BCUT2D eigenvalue weighted by Crippen LogP contribution is 2.63. The maximum absolute atomic E-state index is 12.7. The summed E-state index contributed by atoms with van der Waals surface area (Å²) in [6, 6.07) is 0.867. The summed E-state index contributed by atoms with van der Waals surface area (Å²) in [7, 11) is 0. The summed E-state index contributed by atoms with van der Waals surface area (Å²) in [4.78, 5) is 17.6. The number of aromatic nitrogens is 1. The molecular formula is C15H17ClF3N3O. The number of primary amides is 1. The van der Waals surface area contributed by atoms with Crippen LogP contribution in [-0.2, 0) is 11.0 Å². The lowest BCUT2D eigenvalue weighted by molar-refractivity contribution is -0.148. The van der Waals surface area contributed by atoms with Gasteiger partial charge in [0.1, 0.15) is 5.82 Å². The zero-order chi connectivity index (χ0) is 17.2. The van der Waals surface area contributed by atoms with Gasteiger partial charge in [0.05, 0.1) is 16.0 Å². The predicted molar refractivity (Wildman–Crippen MR) is 80.0 cm³/mol. The van der Waals surface area contributed by atoms with E-state index >= 15 is 0 Å². The maximum atomic E-state index is 12.7. The Morgan fingerprint density at radius 3 is 2.57 bits per heavy atom. The van der Waals surface area contributed by atoms with Crippen molar-refractivity contribution in [3.63, 3.8) is 0 Å². The number of nitrogens with two attached hydrogens (primary N) is 1. The molecule has 1 saturated carbocycles. The van der Waals surface area contributed by atoms with Crippen LogP contribution in [0.25, 0.3) is 0 Å². The minimum absolute atomic E-state index is 0.0395. The predicted octanol–water partition coefficient (Wildman–Crippen LogP) is 3.09. The number of fused-ring (bicyclic) bond motifs is 1. The Kier molecular flexibility index (Phi) is 3.38. The van der Waals surface area contributed by atoms with Crippen LogP contribution >= 0.6 is 11.6 Å². The summed E-state index contributed by atoms with van der Waals surface area (Å²) in [6.07, 6.45) is -3.06. The van der Waals surface area contributed by atoms with Gasteiger partial charge in [-0.1, -0.05) is 25.4 Å². The van der Waals surface area contributed by atoms with Crippen molar-refractivity contribution >= 4 is 23.3 Å². The third kappa shape index (κ3) is 2.36. The van der Waals surface area contributed by atoms with Gasteiger partial charge in [0, 0.05) is 19.3 Å². The van der Waals surface area contributed by atoms with E-state index in [0.29, 0.717) is 19.5 Å². The van der Waals surface area contributed by atoms with Crippen LogP contribution in [0.1, 0.15) is 25.8 Å². The molecule has 1 aliphatic carbocycles. The number of hydrogen-bond donors (Lipinski definition) is 1. The van der Waals surface area contributed by atoms with E-state index in [1.54, 1.807) is 4.90 Å². The SMILES string of the molecule is CC1(C)C[C@]2(C(N)=O)CN(c3ncc(C(F)(F)F)cc3Cl)C[C@H]12. The van der Waals surface area contributed by atoms with Crippen molar-refractivity contribution < 1.29 is 18.0 Å². The highest BCUT2D eigenvalue weighted by molar-refractivity contribution is 6.33. The molecule has 1 aromatic rings. The fourth-order valence-corrected chi connectivity index (χ4v) is 4.49. The number of carbonyl (C=O) groups excluding carboxylic acids is 1. The molecule has 0 spiro atoms. The molecule has 126 valence electrons. The molecule has 2 aliphatic rings. The number of alkyl halides is 3.